The second kappa shape index (κ2) is 11.0. The number of aromatic nitrogens is 2. The second-order valence-corrected chi connectivity index (χ2v) is 9.56. The van der Waals surface area contributed by atoms with Crippen molar-refractivity contribution in [1.82, 2.24) is 15.0 Å². The molecule has 0 N–H and O–H groups in total. The van der Waals surface area contributed by atoms with E-state index in [1.54, 1.807) is 6.07 Å². The molecule has 0 aliphatic heterocycles. The van der Waals surface area contributed by atoms with Gasteiger partial charge in [-0.3, -0.25) is 4.79 Å². The van der Waals surface area contributed by atoms with Gasteiger partial charge < -0.3 is 14.2 Å². The van der Waals surface area contributed by atoms with Crippen molar-refractivity contribution >= 4 is 17.5 Å². The zero-order chi connectivity index (χ0) is 24.9. The number of ether oxygens (including phenoxy) is 1. The van der Waals surface area contributed by atoms with Crippen LogP contribution in [0.1, 0.15) is 53.1 Å². The third-order valence-corrected chi connectivity index (χ3v) is 6.91. The third-order valence-electron chi connectivity index (χ3n) is 6.54. The van der Waals surface area contributed by atoms with Crippen molar-refractivity contribution in [3.63, 3.8) is 0 Å². The van der Waals surface area contributed by atoms with Crippen LogP contribution in [0, 0.1) is 6.92 Å². The van der Waals surface area contributed by atoms with Crippen LogP contribution in [0.2, 0.25) is 5.02 Å². The lowest BCUT2D eigenvalue weighted by atomic mass is 10.1. The molecule has 0 unspecified atom stereocenters. The molecule has 6 nitrogen and oxygen atoms in total. The standard InChI is InChI=1S/C29H28ClN3O3/c1-20-13-15-21(16-14-20)28-31-27(36-32-28)18-33(24-9-3-4-10-24)29(34)22-8-6-11-25(17-22)35-19-23-7-2-5-12-26(23)30/h2,5-8,11-17,24H,3-4,9-10,18-19H2,1H3. The van der Waals surface area contributed by atoms with E-state index >= 15 is 0 Å². The maximum atomic E-state index is 13.7. The summed E-state index contributed by atoms with van der Waals surface area (Å²) in [4.78, 5) is 20.1. The van der Waals surface area contributed by atoms with E-state index in [1.165, 1.54) is 5.56 Å². The van der Waals surface area contributed by atoms with Gasteiger partial charge in [0.05, 0.1) is 0 Å². The molecule has 1 saturated carbocycles. The highest BCUT2D eigenvalue weighted by Crippen LogP contribution is 2.28. The van der Waals surface area contributed by atoms with Crippen LogP contribution in [-0.4, -0.2) is 27.0 Å². The summed E-state index contributed by atoms with van der Waals surface area (Å²) in [5.74, 6) is 1.50. The molecule has 0 spiro atoms. The van der Waals surface area contributed by atoms with Gasteiger partial charge in [-0.15, -0.1) is 0 Å². The molecule has 0 bridgehead atoms. The van der Waals surface area contributed by atoms with Gasteiger partial charge in [-0.1, -0.05) is 83.7 Å². The number of hydrogen-bond acceptors (Lipinski definition) is 5. The minimum Gasteiger partial charge on any atom is -0.489 e. The predicted octanol–water partition coefficient (Wildman–Crippen LogP) is 6.86. The number of hydrogen-bond donors (Lipinski definition) is 0. The Kier molecular flexibility index (Phi) is 7.33. The zero-order valence-corrected chi connectivity index (χ0v) is 20.9. The number of carbonyl (C=O) groups is 1. The highest BCUT2D eigenvalue weighted by atomic mass is 35.5. The quantitative estimate of drug-likeness (QED) is 0.264. The van der Waals surface area contributed by atoms with Crippen LogP contribution in [0.15, 0.2) is 77.3 Å². The van der Waals surface area contributed by atoms with Gasteiger partial charge in [0, 0.05) is 27.8 Å². The minimum atomic E-state index is -0.0693. The van der Waals surface area contributed by atoms with Crippen molar-refractivity contribution in [2.75, 3.05) is 0 Å². The van der Waals surface area contributed by atoms with E-state index < -0.39 is 0 Å². The number of aryl methyl sites for hydroxylation is 1. The summed E-state index contributed by atoms with van der Waals surface area (Å²) in [7, 11) is 0. The highest BCUT2D eigenvalue weighted by Gasteiger charge is 2.29. The van der Waals surface area contributed by atoms with E-state index in [4.69, 9.17) is 20.9 Å². The van der Waals surface area contributed by atoms with E-state index in [1.807, 2.05) is 78.6 Å². The summed E-state index contributed by atoms with van der Waals surface area (Å²) in [5, 5.41) is 4.80. The summed E-state index contributed by atoms with van der Waals surface area (Å²) in [6.07, 6.45) is 4.14. The second-order valence-electron chi connectivity index (χ2n) is 9.16. The highest BCUT2D eigenvalue weighted by molar-refractivity contribution is 6.31. The number of benzene rings is 3. The number of carbonyl (C=O) groups excluding carboxylic acids is 1. The van der Waals surface area contributed by atoms with Crippen molar-refractivity contribution in [2.45, 2.75) is 51.8 Å². The molecule has 0 saturated heterocycles. The molecular weight excluding hydrogens is 474 g/mol. The number of amides is 1. The molecule has 1 fully saturated rings. The lowest BCUT2D eigenvalue weighted by Gasteiger charge is -2.27. The van der Waals surface area contributed by atoms with Gasteiger partial charge in [0.2, 0.25) is 11.7 Å². The van der Waals surface area contributed by atoms with Gasteiger partial charge in [0.1, 0.15) is 18.9 Å². The first kappa shape index (κ1) is 24.1. The molecular formula is C29H28ClN3O3. The smallest absolute Gasteiger partial charge is 0.254 e. The monoisotopic (exact) mass is 501 g/mol. The number of nitrogens with zero attached hydrogens (tertiary/aromatic N) is 3. The number of halogens is 1. The number of rotatable bonds is 8. The molecule has 36 heavy (non-hydrogen) atoms. The van der Waals surface area contributed by atoms with Gasteiger partial charge >= 0.3 is 0 Å². The SMILES string of the molecule is Cc1ccc(-c2noc(CN(C(=O)c3cccc(OCc4ccccc4Cl)c3)C3CCCC3)n2)cc1. The average molecular weight is 502 g/mol. The topological polar surface area (TPSA) is 68.5 Å². The summed E-state index contributed by atoms with van der Waals surface area (Å²) >= 11 is 6.25. The molecule has 4 aromatic rings. The average Bonchev–Trinajstić information content (AvgIpc) is 3.60. The van der Waals surface area contributed by atoms with Crippen molar-refractivity contribution < 1.29 is 14.1 Å². The lowest BCUT2D eigenvalue weighted by Crippen LogP contribution is -2.38. The molecule has 1 aliphatic carbocycles. The first-order chi connectivity index (χ1) is 17.6. The molecule has 1 amide bonds. The fourth-order valence-electron chi connectivity index (χ4n) is 4.53. The largest absolute Gasteiger partial charge is 0.489 e. The van der Waals surface area contributed by atoms with Crippen LogP contribution in [0.3, 0.4) is 0 Å². The summed E-state index contributed by atoms with van der Waals surface area (Å²) < 4.78 is 11.5. The van der Waals surface area contributed by atoms with Gasteiger partial charge in [0.15, 0.2) is 0 Å². The molecule has 1 aliphatic rings. The van der Waals surface area contributed by atoms with Crippen molar-refractivity contribution in [2.24, 2.45) is 0 Å². The Bertz CT molecular complexity index is 1330. The van der Waals surface area contributed by atoms with Gasteiger partial charge in [-0.25, -0.2) is 0 Å². The van der Waals surface area contributed by atoms with Gasteiger partial charge in [0.25, 0.3) is 5.91 Å². The maximum Gasteiger partial charge on any atom is 0.254 e. The molecule has 1 aromatic heterocycles. The first-order valence-electron chi connectivity index (χ1n) is 12.2. The van der Waals surface area contributed by atoms with E-state index in [0.717, 1.165) is 36.8 Å². The van der Waals surface area contributed by atoms with Gasteiger partial charge in [-0.05, 0) is 44.0 Å². The third kappa shape index (κ3) is 5.60. The Morgan fingerprint density at radius 3 is 2.61 bits per heavy atom. The van der Waals surface area contributed by atoms with Crippen molar-refractivity contribution in [3.8, 4) is 17.1 Å². The fraction of sp³-hybridized carbons (Fsp3) is 0.276. The van der Waals surface area contributed by atoms with E-state index in [9.17, 15) is 4.79 Å². The lowest BCUT2D eigenvalue weighted by molar-refractivity contribution is 0.0639. The van der Waals surface area contributed by atoms with Crippen LogP contribution in [0.4, 0.5) is 0 Å². The Hall–Kier alpha value is -3.64. The van der Waals surface area contributed by atoms with E-state index in [2.05, 4.69) is 10.1 Å². The molecule has 3 aromatic carbocycles. The Balaban J connectivity index is 1.33. The van der Waals surface area contributed by atoms with E-state index in [0.29, 0.717) is 34.7 Å². The predicted molar refractivity (Wildman–Crippen MR) is 139 cm³/mol. The Labute approximate surface area is 215 Å². The van der Waals surface area contributed by atoms with E-state index in [-0.39, 0.29) is 18.5 Å². The van der Waals surface area contributed by atoms with Crippen LogP contribution in [0.25, 0.3) is 11.4 Å². The van der Waals surface area contributed by atoms with Crippen molar-refractivity contribution in [3.05, 3.63) is 100 Å². The zero-order valence-electron chi connectivity index (χ0n) is 20.2. The Morgan fingerprint density at radius 1 is 1.06 bits per heavy atom. The Morgan fingerprint density at radius 2 is 1.83 bits per heavy atom. The fourth-order valence-corrected chi connectivity index (χ4v) is 4.72. The summed E-state index contributed by atoms with van der Waals surface area (Å²) in [5.41, 5.74) is 3.51. The molecule has 184 valence electrons. The molecule has 1 heterocycles. The molecule has 7 heteroatoms. The molecule has 5 rings (SSSR count). The summed E-state index contributed by atoms with van der Waals surface area (Å²) in [6, 6.07) is 23.0. The normalized spacial score (nSPS) is 13.6. The van der Waals surface area contributed by atoms with Crippen molar-refractivity contribution in [1.29, 1.82) is 0 Å². The first-order valence-corrected chi connectivity index (χ1v) is 12.6. The minimum absolute atomic E-state index is 0.0693. The maximum absolute atomic E-state index is 13.7. The van der Waals surface area contributed by atoms with Crippen LogP contribution in [-0.2, 0) is 13.2 Å². The van der Waals surface area contributed by atoms with Crippen LogP contribution < -0.4 is 4.74 Å². The van der Waals surface area contributed by atoms with Crippen LogP contribution in [0.5, 0.6) is 5.75 Å². The summed E-state index contributed by atoms with van der Waals surface area (Å²) in [6.45, 7) is 2.63. The van der Waals surface area contributed by atoms with Gasteiger partial charge in [-0.2, -0.15) is 4.98 Å². The molecule has 0 radical (unpaired) electrons. The van der Waals surface area contributed by atoms with Crippen LogP contribution >= 0.6 is 11.6 Å². The molecule has 0 atom stereocenters.